The Bertz CT molecular complexity index is 614. The van der Waals surface area contributed by atoms with Gasteiger partial charge in [0.15, 0.2) is 0 Å². The van der Waals surface area contributed by atoms with Crippen molar-refractivity contribution in [3.8, 4) is 0 Å². The number of benzene rings is 1. The summed E-state index contributed by atoms with van der Waals surface area (Å²) in [7, 11) is 0. The van der Waals surface area contributed by atoms with E-state index in [1.54, 1.807) is 11.8 Å². The van der Waals surface area contributed by atoms with Crippen molar-refractivity contribution in [3.63, 3.8) is 0 Å². The summed E-state index contributed by atoms with van der Waals surface area (Å²) in [5, 5.41) is 10.4. The Morgan fingerprint density at radius 2 is 2.12 bits per heavy atom. The Balaban J connectivity index is 2.13. The van der Waals surface area contributed by atoms with Crippen LogP contribution in [0.3, 0.4) is 0 Å². The van der Waals surface area contributed by atoms with Crippen LogP contribution in [0.15, 0.2) is 42.0 Å². The van der Waals surface area contributed by atoms with Gasteiger partial charge in [0.25, 0.3) is 0 Å². The predicted molar refractivity (Wildman–Crippen MR) is 96.7 cm³/mol. The van der Waals surface area contributed by atoms with Crippen molar-refractivity contribution in [1.29, 1.82) is 0 Å². The first-order chi connectivity index (χ1) is 11.5. The van der Waals surface area contributed by atoms with E-state index in [-0.39, 0.29) is 11.9 Å². The first kappa shape index (κ1) is 18.9. The van der Waals surface area contributed by atoms with E-state index in [1.807, 2.05) is 50.3 Å². The van der Waals surface area contributed by atoms with E-state index >= 15 is 0 Å². The minimum atomic E-state index is -0.775. The summed E-state index contributed by atoms with van der Waals surface area (Å²) in [6.45, 7) is 6.11. The van der Waals surface area contributed by atoms with Gasteiger partial charge in [-0.05, 0) is 0 Å². The van der Waals surface area contributed by atoms with Gasteiger partial charge >= 0.3 is 152 Å². The van der Waals surface area contributed by atoms with E-state index in [0.717, 1.165) is 24.0 Å². The molecular weight excluding hydrogens is 369 g/mol. The summed E-state index contributed by atoms with van der Waals surface area (Å²) in [5.41, 5.74) is 1.99. The number of allylic oxidation sites excluding steroid dienone is 1. The van der Waals surface area contributed by atoms with Gasteiger partial charge in [-0.15, -0.1) is 0 Å². The van der Waals surface area contributed by atoms with Crippen LogP contribution in [0.2, 0.25) is 0 Å². The number of hydrogen-bond donors (Lipinski definition) is 1. The standard InChI is InChI=1S/C19H25NO3Se/c1-4-8-13(2)17(21)14(3)18(22)20-16(12-23-19(20)24)11-15-9-6-5-7-10-15/h5-10,14,16-17,21H,4,11-12H2,1-3H3/b13-8+. The van der Waals surface area contributed by atoms with Crippen molar-refractivity contribution in [2.75, 3.05) is 6.61 Å². The minimum absolute atomic E-state index is 0.0544. The van der Waals surface area contributed by atoms with Gasteiger partial charge in [-0.25, -0.2) is 0 Å². The normalized spacial score (nSPS) is 20.7. The van der Waals surface area contributed by atoms with Gasteiger partial charge in [0, 0.05) is 0 Å². The molecule has 24 heavy (non-hydrogen) atoms. The van der Waals surface area contributed by atoms with Crippen molar-refractivity contribution < 1.29 is 14.6 Å². The van der Waals surface area contributed by atoms with Gasteiger partial charge in [-0.2, -0.15) is 0 Å². The number of hydrogen-bond acceptors (Lipinski definition) is 3. The zero-order chi connectivity index (χ0) is 17.7. The number of rotatable bonds is 6. The molecule has 1 aromatic rings. The third-order valence-corrected chi connectivity index (χ3v) is 5.03. The molecule has 0 saturated carbocycles. The van der Waals surface area contributed by atoms with Crippen molar-refractivity contribution in [1.82, 2.24) is 4.90 Å². The van der Waals surface area contributed by atoms with Gasteiger partial charge in [-0.3, -0.25) is 0 Å². The van der Waals surface area contributed by atoms with E-state index in [9.17, 15) is 9.90 Å². The molecule has 0 aliphatic carbocycles. The molecule has 0 radical (unpaired) electrons. The number of carbonyl (C=O) groups is 1. The monoisotopic (exact) mass is 395 g/mol. The van der Waals surface area contributed by atoms with Crippen molar-refractivity contribution in [2.24, 2.45) is 5.92 Å². The molecule has 3 unspecified atom stereocenters. The van der Waals surface area contributed by atoms with E-state index < -0.39 is 12.0 Å². The zero-order valence-corrected chi connectivity index (χ0v) is 16.1. The first-order valence-electron chi connectivity index (χ1n) is 8.34. The fraction of sp³-hybridized carbons (Fsp3) is 0.474. The second kappa shape index (κ2) is 8.61. The van der Waals surface area contributed by atoms with Gasteiger partial charge in [0.05, 0.1) is 0 Å². The first-order valence-corrected chi connectivity index (χ1v) is 9.19. The summed E-state index contributed by atoms with van der Waals surface area (Å²) in [6.07, 6.45) is 2.75. The summed E-state index contributed by atoms with van der Waals surface area (Å²) >= 11 is 2.84. The molecular formula is C19H25NO3Se. The maximum atomic E-state index is 12.9. The Labute approximate surface area is 151 Å². The van der Waals surface area contributed by atoms with Crippen LogP contribution < -0.4 is 0 Å². The van der Waals surface area contributed by atoms with Crippen LogP contribution >= 0.6 is 0 Å². The molecule has 1 fully saturated rings. The van der Waals surface area contributed by atoms with Crippen LogP contribution in [-0.2, 0) is 16.0 Å². The fourth-order valence-corrected chi connectivity index (χ4v) is 3.60. The molecule has 0 bridgehead atoms. The van der Waals surface area contributed by atoms with Crippen LogP contribution in [0, 0.1) is 5.92 Å². The van der Waals surface area contributed by atoms with Gasteiger partial charge in [0.2, 0.25) is 0 Å². The predicted octanol–water partition coefficient (Wildman–Crippen LogP) is 2.07. The van der Waals surface area contributed by atoms with Crippen LogP contribution in [0.4, 0.5) is 0 Å². The number of ether oxygens (including phenoxy) is 1. The molecule has 1 N–H and O–H groups in total. The Hall–Kier alpha value is -1.42. The van der Waals surface area contributed by atoms with Crippen LogP contribution in [0.1, 0.15) is 32.8 Å². The third kappa shape index (κ3) is 4.35. The molecule has 5 heteroatoms. The second-order valence-electron chi connectivity index (χ2n) is 6.22. The molecule has 2 rings (SSSR count). The number of carbonyl (C=O) groups excluding carboxylic acids is 1. The van der Waals surface area contributed by atoms with Crippen LogP contribution in [-0.4, -0.2) is 55.0 Å². The number of aliphatic hydroxyl groups excluding tert-OH is 1. The molecule has 1 heterocycles. The number of aliphatic hydroxyl groups is 1. The SMILES string of the molecule is CC/C=C(\C)C(O)C(C)C(=O)N1C(=[Se])OCC1Cc1ccccc1. The van der Waals surface area contributed by atoms with E-state index in [4.69, 9.17) is 4.74 Å². The average molecular weight is 394 g/mol. The topological polar surface area (TPSA) is 49.8 Å². The molecule has 1 aliphatic rings. The summed E-state index contributed by atoms with van der Waals surface area (Å²) < 4.78 is 6.08. The Morgan fingerprint density at radius 1 is 1.46 bits per heavy atom. The summed E-state index contributed by atoms with van der Waals surface area (Å²) in [6, 6.07) is 10.0. The molecule has 1 aliphatic heterocycles. The van der Waals surface area contributed by atoms with Gasteiger partial charge in [0.1, 0.15) is 0 Å². The zero-order valence-electron chi connectivity index (χ0n) is 14.4. The molecule has 3 atom stereocenters. The van der Waals surface area contributed by atoms with Crippen LogP contribution in [0.5, 0.6) is 0 Å². The Kier molecular flexibility index (Phi) is 6.78. The second-order valence-corrected chi connectivity index (χ2v) is 6.95. The molecule has 1 aromatic carbocycles. The van der Waals surface area contributed by atoms with E-state index in [2.05, 4.69) is 15.6 Å². The summed E-state index contributed by atoms with van der Waals surface area (Å²) in [5.74, 6) is -0.630. The van der Waals surface area contributed by atoms with Crippen LogP contribution in [0.25, 0.3) is 0 Å². The third-order valence-electron chi connectivity index (χ3n) is 4.37. The summed E-state index contributed by atoms with van der Waals surface area (Å²) in [4.78, 5) is 14.6. The van der Waals surface area contributed by atoms with Gasteiger partial charge < -0.3 is 0 Å². The number of nitrogens with zero attached hydrogens (tertiary/aromatic N) is 1. The molecule has 0 spiro atoms. The van der Waals surface area contributed by atoms with Crippen molar-refractivity contribution in [2.45, 2.75) is 45.8 Å². The molecule has 1 saturated heterocycles. The maximum absolute atomic E-state index is 12.9. The fourth-order valence-electron chi connectivity index (χ4n) is 2.96. The van der Waals surface area contributed by atoms with E-state index in [0.29, 0.717) is 11.3 Å². The quantitative estimate of drug-likeness (QED) is 0.594. The molecule has 1 amide bonds. The average Bonchev–Trinajstić information content (AvgIpc) is 2.94. The van der Waals surface area contributed by atoms with E-state index in [1.165, 1.54) is 0 Å². The van der Waals surface area contributed by atoms with Crippen molar-refractivity contribution in [3.05, 3.63) is 47.5 Å². The Morgan fingerprint density at radius 3 is 2.75 bits per heavy atom. The van der Waals surface area contributed by atoms with Crippen molar-refractivity contribution >= 4 is 26.2 Å². The molecule has 4 nitrogen and oxygen atoms in total. The molecule has 130 valence electrons. The van der Waals surface area contributed by atoms with Gasteiger partial charge in [-0.1, -0.05) is 0 Å². The molecule has 0 aromatic heterocycles. The number of amides is 1.